The Labute approximate surface area is 316 Å². The Kier molecular flexibility index (Phi) is 10.1. The number of ether oxygens (including phenoxy) is 3. The fraction of sp³-hybridized carbons (Fsp3) is 0.0667. The Bertz CT molecular complexity index is 2020. The fourth-order valence-electron chi connectivity index (χ4n) is 6.37. The zero-order chi connectivity index (χ0) is 37.6. The van der Waals surface area contributed by atoms with E-state index in [1.807, 2.05) is 146 Å². The molecule has 0 aliphatic rings. The molecule has 0 aliphatic heterocycles. The molecular formula is C45H42N6O3. The van der Waals surface area contributed by atoms with E-state index in [9.17, 15) is 0 Å². The summed E-state index contributed by atoms with van der Waals surface area (Å²) in [5.74, 6) is 2.27. The van der Waals surface area contributed by atoms with Crippen molar-refractivity contribution in [3.63, 3.8) is 0 Å². The second-order valence-electron chi connectivity index (χ2n) is 12.6. The number of benzene rings is 7. The third kappa shape index (κ3) is 7.51. The normalized spacial score (nSPS) is 10.7. The number of hydrogen-bond donors (Lipinski definition) is 3. The van der Waals surface area contributed by atoms with E-state index in [1.54, 1.807) is 21.3 Å². The van der Waals surface area contributed by atoms with Gasteiger partial charge in [-0.05, 0) is 164 Å². The van der Waals surface area contributed by atoms with E-state index < -0.39 is 0 Å². The Morgan fingerprint density at radius 3 is 0.648 bits per heavy atom. The number of hydrogen-bond acceptors (Lipinski definition) is 9. The summed E-state index contributed by atoms with van der Waals surface area (Å²) < 4.78 is 16.6. The number of nitrogen functional groups attached to an aromatic ring is 3. The van der Waals surface area contributed by atoms with Crippen LogP contribution in [-0.2, 0) is 0 Å². The SMILES string of the molecule is COc1ccc(N(c2ccc(N)cc2)c2cc(N(c3ccc(N)cc3)c3ccc(OC)cc3)cc(N(c3ccc(N)cc3)c3ccc(OC)cc3)c2)cc1. The van der Waals surface area contributed by atoms with Crippen LogP contribution in [0.1, 0.15) is 0 Å². The number of nitrogens with zero attached hydrogens (tertiary/aromatic N) is 3. The molecule has 0 fully saturated rings. The molecule has 0 saturated carbocycles. The lowest BCUT2D eigenvalue weighted by Gasteiger charge is -2.33. The van der Waals surface area contributed by atoms with Gasteiger partial charge in [0.25, 0.3) is 0 Å². The second kappa shape index (κ2) is 15.5. The predicted molar refractivity (Wildman–Crippen MR) is 223 cm³/mol. The molecular weight excluding hydrogens is 673 g/mol. The summed E-state index contributed by atoms with van der Waals surface area (Å²) in [5.41, 5.74) is 28.8. The molecule has 7 aromatic rings. The van der Waals surface area contributed by atoms with Crippen LogP contribution in [-0.4, -0.2) is 21.3 Å². The topological polar surface area (TPSA) is 115 Å². The van der Waals surface area contributed by atoms with E-state index >= 15 is 0 Å². The number of methoxy groups -OCH3 is 3. The van der Waals surface area contributed by atoms with Crippen molar-refractivity contribution in [2.24, 2.45) is 0 Å². The standard InChI is InChI=1S/C45H42N6O3/c1-52-43-22-16-37(17-23-43)49(34-10-4-31(46)5-11-34)40-28-41(50(35-12-6-32(47)7-13-35)38-18-24-44(53-2)25-19-38)30-42(29-40)51(36-14-8-33(48)9-15-36)39-20-26-45(54-3)27-21-39/h4-30H,46-48H2,1-3H3. The van der Waals surface area contributed by atoms with Crippen molar-refractivity contribution < 1.29 is 14.2 Å². The van der Waals surface area contributed by atoms with Gasteiger partial charge in [-0.3, -0.25) is 0 Å². The van der Waals surface area contributed by atoms with Gasteiger partial charge in [-0.25, -0.2) is 0 Å². The predicted octanol–water partition coefficient (Wildman–Crippen LogP) is 10.9. The van der Waals surface area contributed by atoms with Crippen molar-refractivity contribution in [2.75, 3.05) is 53.2 Å². The average molecular weight is 715 g/mol. The van der Waals surface area contributed by atoms with Crippen LogP contribution in [0.25, 0.3) is 0 Å². The van der Waals surface area contributed by atoms with Gasteiger partial charge in [0.15, 0.2) is 0 Å². The monoisotopic (exact) mass is 714 g/mol. The summed E-state index contributed by atoms with van der Waals surface area (Å²) in [6.07, 6.45) is 0. The van der Waals surface area contributed by atoms with Crippen LogP contribution in [0.5, 0.6) is 17.2 Å². The number of rotatable bonds is 12. The highest BCUT2D eigenvalue weighted by Crippen LogP contribution is 2.46. The van der Waals surface area contributed by atoms with Crippen molar-refractivity contribution in [1.29, 1.82) is 0 Å². The van der Waals surface area contributed by atoms with Crippen molar-refractivity contribution >= 4 is 68.2 Å². The minimum atomic E-state index is 0.672. The summed E-state index contributed by atoms with van der Waals surface area (Å²) in [6.45, 7) is 0. The van der Waals surface area contributed by atoms with Crippen LogP contribution >= 0.6 is 0 Å². The van der Waals surface area contributed by atoms with Crippen molar-refractivity contribution in [3.05, 3.63) is 164 Å². The maximum absolute atomic E-state index is 6.21. The molecule has 6 N–H and O–H groups in total. The minimum Gasteiger partial charge on any atom is -0.497 e. The molecule has 0 atom stereocenters. The van der Waals surface area contributed by atoms with E-state index in [2.05, 4.69) is 32.9 Å². The van der Waals surface area contributed by atoms with Crippen LogP contribution in [0.3, 0.4) is 0 Å². The van der Waals surface area contributed by atoms with E-state index in [4.69, 9.17) is 31.4 Å². The van der Waals surface area contributed by atoms with Crippen LogP contribution in [0, 0.1) is 0 Å². The quantitative estimate of drug-likeness (QED) is 0.106. The van der Waals surface area contributed by atoms with Crippen LogP contribution in [0.4, 0.5) is 68.2 Å². The zero-order valence-corrected chi connectivity index (χ0v) is 30.4. The molecule has 0 unspecified atom stereocenters. The van der Waals surface area contributed by atoms with Gasteiger partial charge in [0, 0.05) is 51.2 Å². The first kappa shape index (κ1) is 35.2. The first-order valence-corrected chi connectivity index (χ1v) is 17.4. The first-order valence-electron chi connectivity index (χ1n) is 17.4. The Hall–Kier alpha value is -7.26. The van der Waals surface area contributed by atoms with Gasteiger partial charge >= 0.3 is 0 Å². The number of nitrogens with two attached hydrogens (primary N) is 3. The summed E-state index contributed by atoms with van der Waals surface area (Å²) >= 11 is 0. The van der Waals surface area contributed by atoms with Gasteiger partial charge in [-0.2, -0.15) is 0 Å². The molecule has 7 rings (SSSR count). The third-order valence-electron chi connectivity index (χ3n) is 9.11. The number of anilines is 12. The van der Waals surface area contributed by atoms with Crippen molar-refractivity contribution in [2.45, 2.75) is 0 Å². The van der Waals surface area contributed by atoms with Gasteiger partial charge in [0.05, 0.1) is 38.4 Å². The molecule has 0 heterocycles. The van der Waals surface area contributed by atoms with Gasteiger partial charge in [0.2, 0.25) is 0 Å². The Morgan fingerprint density at radius 2 is 0.463 bits per heavy atom. The van der Waals surface area contributed by atoms with E-state index in [1.165, 1.54) is 0 Å². The van der Waals surface area contributed by atoms with Crippen molar-refractivity contribution in [3.8, 4) is 17.2 Å². The average Bonchev–Trinajstić information content (AvgIpc) is 3.21. The first-order chi connectivity index (χ1) is 26.3. The van der Waals surface area contributed by atoms with Crippen LogP contribution in [0.2, 0.25) is 0 Å². The third-order valence-corrected chi connectivity index (χ3v) is 9.11. The van der Waals surface area contributed by atoms with E-state index in [0.29, 0.717) is 17.1 Å². The van der Waals surface area contributed by atoms with Crippen LogP contribution in [0.15, 0.2) is 164 Å². The zero-order valence-electron chi connectivity index (χ0n) is 30.4. The summed E-state index contributed by atoms with van der Waals surface area (Å²) in [5, 5.41) is 0. The highest BCUT2D eigenvalue weighted by Gasteiger charge is 2.22. The highest BCUT2D eigenvalue weighted by atomic mass is 16.5. The second-order valence-corrected chi connectivity index (χ2v) is 12.6. The fourth-order valence-corrected chi connectivity index (χ4v) is 6.37. The van der Waals surface area contributed by atoms with E-state index in [-0.39, 0.29) is 0 Å². The smallest absolute Gasteiger partial charge is 0.119 e. The summed E-state index contributed by atoms with van der Waals surface area (Å²) in [4.78, 5) is 6.61. The molecule has 9 nitrogen and oxygen atoms in total. The summed E-state index contributed by atoms with van der Waals surface area (Å²) in [7, 11) is 5.00. The molecule has 7 aromatic carbocycles. The Balaban J connectivity index is 1.53. The molecule has 270 valence electrons. The molecule has 9 heteroatoms. The maximum Gasteiger partial charge on any atom is 0.119 e. The molecule has 0 radical (unpaired) electrons. The lowest BCUT2D eigenvalue weighted by atomic mass is 10.1. The van der Waals surface area contributed by atoms with Crippen molar-refractivity contribution in [1.82, 2.24) is 0 Å². The molecule has 0 aliphatic carbocycles. The minimum absolute atomic E-state index is 0.672. The van der Waals surface area contributed by atoms with Crippen LogP contribution < -0.4 is 46.1 Å². The largest absolute Gasteiger partial charge is 0.497 e. The Morgan fingerprint density at radius 1 is 0.278 bits per heavy atom. The lowest BCUT2D eigenvalue weighted by molar-refractivity contribution is 0.414. The molecule has 0 bridgehead atoms. The molecule has 0 aromatic heterocycles. The van der Waals surface area contributed by atoms with Gasteiger partial charge in [-0.1, -0.05) is 0 Å². The summed E-state index contributed by atoms with van der Waals surface area (Å²) in [6, 6.07) is 54.2. The maximum atomic E-state index is 6.21. The molecule has 0 saturated heterocycles. The van der Waals surface area contributed by atoms with Gasteiger partial charge < -0.3 is 46.1 Å². The molecule has 54 heavy (non-hydrogen) atoms. The lowest BCUT2D eigenvalue weighted by Crippen LogP contribution is -2.16. The van der Waals surface area contributed by atoms with Gasteiger partial charge in [-0.15, -0.1) is 0 Å². The molecule has 0 amide bonds. The van der Waals surface area contributed by atoms with Gasteiger partial charge in [0.1, 0.15) is 17.2 Å². The molecule has 0 spiro atoms. The highest BCUT2D eigenvalue weighted by molar-refractivity contribution is 5.89. The van der Waals surface area contributed by atoms with E-state index in [0.717, 1.165) is 68.4 Å².